The Morgan fingerprint density at radius 2 is 1.76 bits per heavy atom. The molecule has 0 amide bonds. The van der Waals surface area contributed by atoms with E-state index < -0.39 is 22.0 Å². The first-order valence-corrected chi connectivity index (χ1v) is 11.6. The van der Waals surface area contributed by atoms with Crippen molar-refractivity contribution < 1.29 is 21.9 Å². The van der Waals surface area contributed by atoms with Crippen molar-refractivity contribution in [1.82, 2.24) is 14.3 Å². The number of methoxy groups -OCH3 is 1. The highest BCUT2D eigenvalue weighted by Crippen LogP contribution is 2.37. The number of fused-ring (bicyclic) bond motifs is 1. The van der Waals surface area contributed by atoms with E-state index in [-0.39, 0.29) is 10.5 Å². The second-order valence-corrected chi connectivity index (χ2v) is 9.69. The molecule has 4 rings (SSSR count). The highest BCUT2D eigenvalue weighted by atomic mass is 32.2. The van der Waals surface area contributed by atoms with Crippen LogP contribution < -0.4 is 10.3 Å². The second kappa shape index (κ2) is 8.43. The zero-order valence-electron chi connectivity index (χ0n) is 18.1. The summed E-state index contributed by atoms with van der Waals surface area (Å²) in [5, 5.41) is 5.17. The van der Waals surface area contributed by atoms with Crippen LogP contribution in [0.25, 0.3) is 33.0 Å². The van der Waals surface area contributed by atoms with Gasteiger partial charge in [-0.25, -0.2) is 17.2 Å². The summed E-state index contributed by atoms with van der Waals surface area (Å²) in [6.07, 6.45) is 2.11. The Balaban J connectivity index is 2.01. The number of hydrogen-bond acceptors (Lipinski definition) is 5. The van der Waals surface area contributed by atoms with E-state index in [0.717, 1.165) is 11.1 Å². The number of aromatic nitrogens is 3. The van der Waals surface area contributed by atoms with Gasteiger partial charge in [0.1, 0.15) is 11.5 Å². The fourth-order valence-electron chi connectivity index (χ4n) is 3.78. The fourth-order valence-corrected chi connectivity index (χ4v) is 4.88. The standard InChI is InChI=1S/C23H21F2N3O4S/c1-27-12-20(19-9-16(5-7-21(19)32-3)33(30,31)13-22(24)25)18-8-14(4-6-17(18)23(27)29)15-10-26-28(2)11-15/h4-12,22H,13H2,1-3H3. The lowest BCUT2D eigenvalue weighted by Crippen LogP contribution is -2.17. The van der Waals surface area contributed by atoms with Crippen molar-refractivity contribution in [3.8, 4) is 28.0 Å². The number of hydrogen-bond donors (Lipinski definition) is 0. The molecule has 0 unspecified atom stereocenters. The van der Waals surface area contributed by atoms with Crippen LogP contribution in [0.1, 0.15) is 0 Å². The monoisotopic (exact) mass is 473 g/mol. The minimum absolute atomic E-state index is 0.230. The van der Waals surface area contributed by atoms with E-state index in [4.69, 9.17) is 4.74 Å². The highest BCUT2D eigenvalue weighted by Gasteiger charge is 2.23. The highest BCUT2D eigenvalue weighted by molar-refractivity contribution is 7.91. The van der Waals surface area contributed by atoms with Crippen LogP contribution in [-0.4, -0.2) is 42.1 Å². The molecule has 0 fully saturated rings. The van der Waals surface area contributed by atoms with Gasteiger partial charge in [0, 0.05) is 48.6 Å². The summed E-state index contributed by atoms with van der Waals surface area (Å²) in [6.45, 7) is 0. The van der Waals surface area contributed by atoms with Gasteiger partial charge < -0.3 is 9.30 Å². The molecule has 0 saturated heterocycles. The summed E-state index contributed by atoms with van der Waals surface area (Å²) in [5.74, 6) is -0.935. The molecule has 172 valence electrons. The third-order valence-corrected chi connectivity index (χ3v) is 7.05. The van der Waals surface area contributed by atoms with E-state index in [9.17, 15) is 22.0 Å². The van der Waals surface area contributed by atoms with Crippen LogP contribution >= 0.6 is 0 Å². The van der Waals surface area contributed by atoms with Crippen LogP contribution in [0.15, 0.2) is 64.7 Å². The van der Waals surface area contributed by atoms with Crippen LogP contribution in [0, 0.1) is 0 Å². The Morgan fingerprint density at radius 3 is 2.39 bits per heavy atom. The summed E-state index contributed by atoms with van der Waals surface area (Å²) in [6, 6.07) is 9.31. The van der Waals surface area contributed by atoms with Crippen LogP contribution in [0.5, 0.6) is 5.75 Å². The lowest BCUT2D eigenvalue weighted by atomic mass is 9.97. The van der Waals surface area contributed by atoms with Gasteiger partial charge in [-0.2, -0.15) is 5.10 Å². The minimum atomic E-state index is -4.22. The van der Waals surface area contributed by atoms with Crippen LogP contribution in [0.3, 0.4) is 0 Å². The second-order valence-electron chi connectivity index (χ2n) is 7.66. The minimum Gasteiger partial charge on any atom is -0.496 e. The van der Waals surface area contributed by atoms with Gasteiger partial charge in [-0.1, -0.05) is 6.07 Å². The molecule has 2 aromatic carbocycles. The maximum atomic E-state index is 12.8. The van der Waals surface area contributed by atoms with E-state index >= 15 is 0 Å². The average Bonchev–Trinajstić information content (AvgIpc) is 3.21. The summed E-state index contributed by atoms with van der Waals surface area (Å²) in [5.41, 5.74) is 2.32. The zero-order valence-corrected chi connectivity index (χ0v) is 18.9. The molecule has 10 heteroatoms. The smallest absolute Gasteiger partial charge is 0.258 e. The molecule has 2 aromatic heterocycles. The molecule has 0 aliphatic rings. The number of pyridine rings is 1. The lowest BCUT2D eigenvalue weighted by molar-refractivity contribution is 0.174. The van der Waals surface area contributed by atoms with Crippen molar-refractivity contribution in [2.45, 2.75) is 11.3 Å². The lowest BCUT2D eigenvalue weighted by Gasteiger charge is -2.15. The Bertz CT molecular complexity index is 1520. The van der Waals surface area contributed by atoms with Gasteiger partial charge in [0.05, 0.1) is 18.2 Å². The van der Waals surface area contributed by atoms with Crippen LogP contribution in [0.2, 0.25) is 0 Å². The Morgan fingerprint density at radius 1 is 1.00 bits per heavy atom. The van der Waals surface area contributed by atoms with Gasteiger partial charge >= 0.3 is 0 Å². The average molecular weight is 474 g/mol. The number of rotatable bonds is 6. The maximum Gasteiger partial charge on any atom is 0.258 e. The van der Waals surface area contributed by atoms with E-state index in [1.54, 1.807) is 37.2 Å². The SMILES string of the molecule is COc1ccc(S(=O)(=O)CC(F)F)cc1-c1cn(C)c(=O)c2ccc(-c3cnn(C)c3)cc12. The number of halogens is 2. The summed E-state index contributed by atoms with van der Waals surface area (Å²) < 4.78 is 59.1. The molecule has 2 heterocycles. The largest absolute Gasteiger partial charge is 0.496 e. The molecular weight excluding hydrogens is 452 g/mol. The molecule has 0 bridgehead atoms. The first-order valence-electron chi connectivity index (χ1n) is 9.92. The Labute approximate surface area is 188 Å². The first-order chi connectivity index (χ1) is 15.6. The van der Waals surface area contributed by atoms with Gasteiger partial charge in [-0.05, 0) is 41.3 Å². The fraction of sp³-hybridized carbons (Fsp3) is 0.217. The van der Waals surface area contributed by atoms with Gasteiger partial charge in [-0.15, -0.1) is 0 Å². The molecule has 0 saturated carbocycles. The predicted octanol–water partition coefficient (Wildman–Crippen LogP) is 3.65. The third kappa shape index (κ3) is 4.25. The van der Waals surface area contributed by atoms with Gasteiger partial charge in [-0.3, -0.25) is 9.48 Å². The molecule has 0 aliphatic heterocycles. The van der Waals surface area contributed by atoms with Crippen molar-refractivity contribution in [3.05, 3.63) is 65.3 Å². The topological polar surface area (TPSA) is 83.2 Å². The molecule has 0 atom stereocenters. The quantitative estimate of drug-likeness (QED) is 0.427. The molecule has 0 spiro atoms. The molecular formula is C23H21F2N3O4S. The Kier molecular flexibility index (Phi) is 5.79. The molecule has 0 radical (unpaired) electrons. The van der Waals surface area contributed by atoms with E-state index in [1.165, 1.54) is 29.9 Å². The summed E-state index contributed by atoms with van der Waals surface area (Å²) in [7, 11) is 0.589. The normalized spacial score (nSPS) is 11.9. The van der Waals surface area contributed by atoms with Crippen LogP contribution in [-0.2, 0) is 23.9 Å². The van der Waals surface area contributed by atoms with E-state index in [2.05, 4.69) is 5.10 Å². The van der Waals surface area contributed by atoms with E-state index in [0.29, 0.717) is 27.6 Å². The third-order valence-electron chi connectivity index (χ3n) is 5.39. The number of sulfone groups is 1. The molecule has 0 aliphatic carbocycles. The number of nitrogens with zero attached hydrogens (tertiary/aromatic N) is 3. The van der Waals surface area contributed by atoms with Gasteiger partial charge in [0.25, 0.3) is 12.0 Å². The Hall–Kier alpha value is -3.53. The first kappa shape index (κ1) is 22.7. The summed E-state index contributed by atoms with van der Waals surface area (Å²) >= 11 is 0. The number of benzene rings is 2. The number of aryl methyl sites for hydroxylation is 2. The van der Waals surface area contributed by atoms with Crippen LogP contribution in [0.4, 0.5) is 8.78 Å². The zero-order chi connectivity index (χ0) is 23.9. The van der Waals surface area contributed by atoms with Gasteiger partial charge in [0.15, 0.2) is 9.84 Å². The van der Waals surface area contributed by atoms with Crippen molar-refractivity contribution in [2.75, 3.05) is 12.9 Å². The predicted molar refractivity (Wildman–Crippen MR) is 121 cm³/mol. The summed E-state index contributed by atoms with van der Waals surface area (Å²) in [4.78, 5) is 12.6. The number of ether oxygens (including phenoxy) is 1. The van der Waals surface area contributed by atoms with Crippen molar-refractivity contribution in [2.24, 2.45) is 14.1 Å². The van der Waals surface area contributed by atoms with E-state index in [1.807, 2.05) is 18.3 Å². The maximum absolute atomic E-state index is 12.8. The van der Waals surface area contributed by atoms with Gasteiger partial charge in [0.2, 0.25) is 0 Å². The number of alkyl halides is 2. The molecule has 33 heavy (non-hydrogen) atoms. The molecule has 4 aromatic rings. The molecule has 0 N–H and O–H groups in total. The molecule has 7 nitrogen and oxygen atoms in total. The van der Waals surface area contributed by atoms with Crippen molar-refractivity contribution in [3.63, 3.8) is 0 Å². The van der Waals surface area contributed by atoms with Crippen molar-refractivity contribution in [1.29, 1.82) is 0 Å². The van der Waals surface area contributed by atoms with Crippen molar-refractivity contribution >= 4 is 20.6 Å².